The maximum Gasteiger partial charge on any atom is 0.270 e. The number of rotatable bonds is 5. The average Bonchev–Trinajstić information content (AvgIpc) is 3.62. The van der Waals surface area contributed by atoms with Crippen LogP contribution in [0.2, 0.25) is 0 Å². The molecule has 30 heavy (non-hydrogen) atoms. The molecule has 154 valence electrons. The van der Waals surface area contributed by atoms with Crippen LogP contribution in [0.5, 0.6) is 0 Å². The monoisotopic (exact) mass is 405 g/mol. The maximum absolute atomic E-state index is 15.1. The summed E-state index contributed by atoms with van der Waals surface area (Å²) in [6.07, 6.45) is 5.58. The third-order valence-corrected chi connectivity index (χ3v) is 5.99. The minimum atomic E-state index is -0.369. The third-order valence-electron chi connectivity index (χ3n) is 5.99. The number of aromatic nitrogens is 3. The fourth-order valence-electron chi connectivity index (χ4n) is 4.05. The first-order chi connectivity index (χ1) is 14.6. The molecule has 3 aromatic rings. The van der Waals surface area contributed by atoms with E-state index in [0.29, 0.717) is 23.3 Å². The van der Waals surface area contributed by atoms with Crippen molar-refractivity contribution in [2.45, 2.75) is 25.3 Å². The Morgan fingerprint density at radius 3 is 2.63 bits per heavy atom. The van der Waals surface area contributed by atoms with Crippen LogP contribution in [0.1, 0.15) is 35.7 Å². The van der Waals surface area contributed by atoms with Gasteiger partial charge in [0, 0.05) is 44.2 Å². The Kier molecular flexibility index (Phi) is 4.83. The van der Waals surface area contributed by atoms with Crippen molar-refractivity contribution in [2.75, 3.05) is 31.1 Å². The number of aromatic amines is 1. The standard InChI is InChI=1S/C23H24FN5O/c1-2-17-6-7-18(13-25-17)29-11-9-28(10-12-29)14-16-5-8-19-22(20(16)24)27-23(30)21(26-19)15-3-4-15/h2,5-8,13,15H,1,3-4,9-12,14H2,(H,27,30). The largest absolute Gasteiger partial charge is 0.368 e. The number of pyridine rings is 1. The molecule has 2 aromatic heterocycles. The molecule has 1 N–H and O–H groups in total. The second kappa shape index (κ2) is 7.65. The molecule has 0 radical (unpaired) electrons. The quantitative estimate of drug-likeness (QED) is 0.706. The lowest BCUT2D eigenvalue weighted by Crippen LogP contribution is -2.46. The van der Waals surface area contributed by atoms with Crippen molar-refractivity contribution in [3.05, 3.63) is 70.2 Å². The molecule has 2 fully saturated rings. The molecule has 0 spiro atoms. The highest BCUT2D eigenvalue weighted by Gasteiger charge is 2.28. The van der Waals surface area contributed by atoms with Crippen molar-refractivity contribution in [3.63, 3.8) is 0 Å². The van der Waals surface area contributed by atoms with E-state index >= 15 is 4.39 Å². The first-order valence-corrected chi connectivity index (χ1v) is 10.4. The zero-order chi connectivity index (χ0) is 20.7. The van der Waals surface area contributed by atoms with E-state index in [-0.39, 0.29) is 22.8 Å². The summed E-state index contributed by atoms with van der Waals surface area (Å²) in [5.41, 5.74) is 3.57. The predicted octanol–water partition coefficient (Wildman–Crippen LogP) is 3.30. The number of H-pyrrole nitrogens is 1. The van der Waals surface area contributed by atoms with Gasteiger partial charge in [0.15, 0.2) is 5.82 Å². The number of benzene rings is 1. The summed E-state index contributed by atoms with van der Waals surface area (Å²) in [6.45, 7) is 7.61. The smallest absolute Gasteiger partial charge is 0.270 e. The number of nitrogens with zero attached hydrogens (tertiary/aromatic N) is 4. The lowest BCUT2D eigenvalue weighted by molar-refractivity contribution is 0.247. The normalized spacial score (nSPS) is 17.4. The Labute approximate surface area is 174 Å². The van der Waals surface area contributed by atoms with E-state index in [1.807, 2.05) is 18.3 Å². The molecule has 1 saturated heterocycles. The Morgan fingerprint density at radius 2 is 1.97 bits per heavy atom. The SMILES string of the molecule is C=Cc1ccc(N2CCN(Cc3ccc4nc(C5CC5)c(=O)[nH]c4c3F)CC2)cn1. The highest BCUT2D eigenvalue weighted by atomic mass is 19.1. The van der Waals surface area contributed by atoms with E-state index in [4.69, 9.17) is 0 Å². The molecule has 2 aliphatic rings. The molecule has 0 atom stereocenters. The molecule has 0 unspecified atom stereocenters. The van der Waals surface area contributed by atoms with Crippen LogP contribution in [0.15, 0.2) is 41.8 Å². The second-order valence-electron chi connectivity index (χ2n) is 8.07. The second-order valence-corrected chi connectivity index (χ2v) is 8.07. The minimum Gasteiger partial charge on any atom is -0.368 e. The van der Waals surface area contributed by atoms with Crippen molar-refractivity contribution in [1.82, 2.24) is 19.9 Å². The fraction of sp³-hybridized carbons (Fsp3) is 0.348. The van der Waals surface area contributed by atoms with Gasteiger partial charge < -0.3 is 9.88 Å². The third kappa shape index (κ3) is 3.61. The molecular weight excluding hydrogens is 381 g/mol. The Morgan fingerprint density at radius 1 is 1.17 bits per heavy atom. The number of piperazine rings is 1. The first kappa shape index (κ1) is 18.9. The van der Waals surface area contributed by atoms with Crippen molar-refractivity contribution in [2.24, 2.45) is 0 Å². The highest BCUT2D eigenvalue weighted by molar-refractivity contribution is 5.75. The highest BCUT2D eigenvalue weighted by Crippen LogP contribution is 2.37. The van der Waals surface area contributed by atoms with Crippen LogP contribution in [-0.2, 0) is 6.54 Å². The molecule has 5 rings (SSSR count). The van der Waals surface area contributed by atoms with Crippen LogP contribution >= 0.6 is 0 Å². The van der Waals surface area contributed by atoms with E-state index < -0.39 is 0 Å². The summed E-state index contributed by atoms with van der Waals surface area (Å²) in [4.78, 5) is 28.3. The van der Waals surface area contributed by atoms with Gasteiger partial charge in [0.25, 0.3) is 5.56 Å². The van der Waals surface area contributed by atoms with Gasteiger partial charge in [0.2, 0.25) is 0 Å². The van der Waals surface area contributed by atoms with Crippen LogP contribution in [0.3, 0.4) is 0 Å². The van der Waals surface area contributed by atoms with Crippen LogP contribution in [0, 0.1) is 5.82 Å². The summed E-state index contributed by atoms with van der Waals surface area (Å²) < 4.78 is 15.1. The van der Waals surface area contributed by atoms with E-state index in [1.54, 1.807) is 12.1 Å². The summed E-state index contributed by atoms with van der Waals surface area (Å²) in [6, 6.07) is 7.63. The lowest BCUT2D eigenvalue weighted by atomic mass is 10.1. The van der Waals surface area contributed by atoms with Crippen molar-refractivity contribution < 1.29 is 4.39 Å². The topological polar surface area (TPSA) is 65.1 Å². The van der Waals surface area contributed by atoms with E-state index in [9.17, 15) is 4.79 Å². The van der Waals surface area contributed by atoms with E-state index in [2.05, 4.69) is 37.4 Å². The number of hydrogen-bond donors (Lipinski definition) is 1. The lowest BCUT2D eigenvalue weighted by Gasteiger charge is -2.36. The average molecular weight is 405 g/mol. The van der Waals surface area contributed by atoms with Crippen LogP contribution < -0.4 is 10.5 Å². The van der Waals surface area contributed by atoms with Gasteiger partial charge in [-0.1, -0.05) is 12.6 Å². The molecule has 1 aromatic carbocycles. The molecule has 6 nitrogen and oxygen atoms in total. The predicted molar refractivity (Wildman–Crippen MR) is 116 cm³/mol. The number of halogens is 1. The summed E-state index contributed by atoms with van der Waals surface area (Å²) in [7, 11) is 0. The number of nitrogens with one attached hydrogen (secondary N) is 1. The number of fused-ring (bicyclic) bond motifs is 1. The minimum absolute atomic E-state index is 0.217. The van der Waals surface area contributed by atoms with Crippen molar-refractivity contribution >= 4 is 22.8 Å². The zero-order valence-electron chi connectivity index (χ0n) is 16.8. The van der Waals surface area contributed by atoms with Crippen molar-refractivity contribution in [1.29, 1.82) is 0 Å². The molecule has 7 heteroatoms. The summed E-state index contributed by atoms with van der Waals surface area (Å²) >= 11 is 0. The van der Waals surface area contributed by atoms with Gasteiger partial charge in [0.05, 0.1) is 23.1 Å². The number of hydrogen-bond acceptors (Lipinski definition) is 5. The van der Waals surface area contributed by atoms with Crippen LogP contribution in [0.4, 0.5) is 10.1 Å². The van der Waals surface area contributed by atoms with Gasteiger partial charge in [-0.05, 0) is 37.1 Å². The summed E-state index contributed by atoms with van der Waals surface area (Å²) in [5, 5.41) is 0. The van der Waals surface area contributed by atoms with E-state index in [1.165, 1.54) is 0 Å². The van der Waals surface area contributed by atoms with Gasteiger partial charge >= 0.3 is 0 Å². The first-order valence-electron chi connectivity index (χ1n) is 10.4. The molecule has 1 aliphatic heterocycles. The van der Waals surface area contributed by atoms with Crippen LogP contribution in [-0.4, -0.2) is 46.0 Å². The molecule has 1 saturated carbocycles. The van der Waals surface area contributed by atoms with Gasteiger partial charge in [-0.15, -0.1) is 0 Å². The Hall–Kier alpha value is -3.06. The fourth-order valence-corrected chi connectivity index (χ4v) is 4.05. The Bertz CT molecular complexity index is 1140. The zero-order valence-corrected chi connectivity index (χ0v) is 16.8. The molecule has 3 heterocycles. The molecule has 0 amide bonds. The number of anilines is 1. The van der Waals surface area contributed by atoms with Crippen molar-refractivity contribution in [3.8, 4) is 0 Å². The van der Waals surface area contributed by atoms with Crippen LogP contribution in [0.25, 0.3) is 17.1 Å². The van der Waals surface area contributed by atoms with E-state index in [0.717, 1.165) is 50.4 Å². The maximum atomic E-state index is 15.1. The molecular formula is C23H24FN5O. The van der Waals surface area contributed by atoms with Gasteiger partial charge in [-0.2, -0.15) is 0 Å². The van der Waals surface area contributed by atoms with Gasteiger partial charge in [-0.25, -0.2) is 9.37 Å². The summed E-state index contributed by atoms with van der Waals surface area (Å²) in [5.74, 6) is -0.133. The van der Waals surface area contributed by atoms with Gasteiger partial charge in [0.1, 0.15) is 11.2 Å². The Balaban J connectivity index is 1.29. The molecule has 1 aliphatic carbocycles. The molecule has 0 bridgehead atoms. The van der Waals surface area contributed by atoms with Gasteiger partial charge in [-0.3, -0.25) is 14.7 Å².